The zero-order valence-electron chi connectivity index (χ0n) is 18.0. The van der Waals surface area contributed by atoms with Gasteiger partial charge in [-0.15, -0.1) is 0 Å². The molecule has 0 N–H and O–H groups in total. The first-order valence-electron chi connectivity index (χ1n) is 10.8. The molecule has 34 heavy (non-hydrogen) atoms. The third kappa shape index (κ3) is 3.48. The van der Waals surface area contributed by atoms with E-state index in [0.717, 1.165) is 25.6 Å². The second-order valence-electron chi connectivity index (χ2n) is 8.02. The van der Waals surface area contributed by atoms with E-state index in [-0.39, 0.29) is 35.1 Å². The van der Waals surface area contributed by atoms with Crippen LogP contribution in [0.4, 0.5) is 0 Å². The topological polar surface area (TPSA) is 52.0 Å². The van der Waals surface area contributed by atoms with Crippen molar-refractivity contribution in [2.45, 2.75) is 14.2 Å². The fourth-order valence-electron chi connectivity index (χ4n) is 4.33. The van der Waals surface area contributed by atoms with Crippen LogP contribution in [0.15, 0.2) is 114 Å². The summed E-state index contributed by atoms with van der Waals surface area (Å²) < 4.78 is 32.6. The minimum atomic E-state index is -3.85. The Kier molecular flexibility index (Phi) is 5.48. The van der Waals surface area contributed by atoms with E-state index in [1.54, 1.807) is 0 Å². The van der Waals surface area contributed by atoms with Gasteiger partial charge in [0.25, 0.3) is 0 Å². The fourth-order valence-corrected chi connectivity index (χ4v) is 15.7. The van der Waals surface area contributed by atoms with E-state index in [4.69, 9.17) is 4.98 Å². The van der Waals surface area contributed by atoms with Crippen LogP contribution < -0.4 is 8.92 Å². The van der Waals surface area contributed by atoms with E-state index in [2.05, 4.69) is 30.3 Å². The third-order valence-electron chi connectivity index (χ3n) is 5.88. The summed E-state index contributed by atoms with van der Waals surface area (Å²) in [6, 6.07) is 35.9. The van der Waals surface area contributed by atoms with E-state index in [1.165, 1.54) is 0 Å². The molecule has 0 spiro atoms. The molecule has 4 nitrogen and oxygen atoms in total. The molecular weight excluding hydrogens is 574 g/mol. The Morgan fingerprint density at radius 1 is 0.706 bits per heavy atom. The van der Waals surface area contributed by atoms with E-state index in [0.29, 0.717) is 12.1 Å². The number of aromatic nitrogens is 2. The second-order valence-corrected chi connectivity index (χ2v) is 17.9. The van der Waals surface area contributed by atoms with Crippen molar-refractivity contribution in [3.63, 3.8) is 0 Å². The number of nitrogens with zero attached hydrogens (tertiary/aromatic N) is 2. The van der Waals surface area contributed by atoms with Crippen molar-refractivity contribution in [1.29, 1.82) is 0 Å². The van der Waals surface area contributed by atoms with Gasteiger partial charge in [-0.2, -0.15) is 0 Å². The summed E-state index contributed by atoms with van der Waals surface area (Å²) in [5.74, 6) is 0. The average Bonchev–Trinajstić information content (AvgIpc) is 3.21. The predicted octanol–water partition coefficient (Wildman–Crippen LogP) is 3.04. The normalized spacial score (nSPS) is 15.9. The molecule has 7 heteroatoms. The molecule has 0 unspecified atom stereocenters. The molecule has 1 aliphatic heterocycles. The molecule has 6 rings (SSSR count). The molecule has 0 saturated heterocycles. The van der Waals surface area contributed by atoms with Crippen molar-refractivity contribution < 1.29 is 8.42 Å². The number of fused-ring (bicyclic) bond motifs is 4. The summed E-state index contributed by atoms with van der Waals surface area (Å²) in [4.78, 5) is 4.72. The Balaban J connectivity index is 1.70. The second kappa shape index (κ2) is 8.53. The quantitative estimate of drug-likeness (QED) is 0.301. The summed E-state index contributed by atoms with van der Waals surface area (Å²) in [6.07, 6.45) is 0. The minimum absolute atomic E-state index is 0.181. The average molecular weight is 594 g/mol. The van der Waals surface area contributed by atoms with Crippen LogP contribution in [0, 0.1) is 0 Å². The van der Waals surface area contributed by atoms with Gasteiger partial charge >= 0.3 is 212 Å². The number of hydrogen-bond acceptors (Lipinski definition) is 3. The van der Waals surface area contributed by atoms with Gasteiger partial charge in [0.2, 0.25) is 0 Å². The molecule has 0 saturated carbocycles. The van der Waals surface area contributed by atoms with Crippen LogP contribution in [-0.2, 0) is 18.9 Å². The summed E-state index contributed by atoms with van der Waals surface area (Å²) in [5.41, 5.74) is 3.53. The van der Waals surface area contributed by atoms with Crippen molar-refractivity contribution in [3.8, 4) is 0 Å². The number of benzene rings is 4. The van der Waals surface area contributed by atoms with Crippen molar-refractivity contribution in [2.75, 3.05) is 0 Å². The van der Waals surface area contributed by atoms with Crippen LogP contribution in [0.3, 0.4) is 0 Å². The Labute approximate surface area is 211 Å². The summed E-state index contributed by atoms with van der Waals surface area (Å²) >= 11 is -0.765. The van der Waals surface area contributed by atoms with Gasteiger partial charge in [0.1, 0.15) is 0 Å². The number of imidazole rings is 1. The van der Waals surface area contributed by atoms with E-state index in [9.17, 15) is 8.42 Å². The number of hydrogen-bond donors (Lipinski definition) is 0. The summed E-state index contributed by atoms with van der Waals surface area (Å²) in [5, 5.41) is 0.181. The van der Waals surface area contributed by atoms with Crippen molar-refractivity contribution in [2.24, 2.45) is 0 Å². The molecule has 1 aliphatic rings. The van der Waals surface area contributed by atoms with Crippen LogP contribution in [0.25, 0.3) is 11.0 Å². The first kappa shape index (κ1) is 21.8. The van der Waals surface area contributed by atoms with Crippen LogP contribution in [0.1, 0.15) is 11.1 Å². The van der Waals surface area contributed by atoms with Gasteiger partial charge in [-0.3, -0.25) is 0 Å². The van der Waals surface area contributed by atoms with E-state index >= 15 is 0 Å². The summed E-state index contributed by atoms with van der Waals surface area (Å²) in [6.45, 7) is 0.489. The van der Waals surface area contributed by atoms with Crippen LogP contribution in [0.5, 0.6) is 0 Å². The van der Waals surface area contributed by atoms with Gasteiger partial charge < -0.3 is 0 Å². The predicted molar refractivity (Wildman–Crippen MR) is 138 cm³/mol. The van der Waals surface area contributed by atoms with Gasteiger partial charge in [0, 0.05) is 0 Å². The van der Waals surface area contributed by atoms with E-state index in [1.807, 2.05) is 83.4 Å². The first-order chi connectivity index (χ1) is 16.6. The molecule has 1 aromatic heterocycles. The maximum atomic E-state index is 14.8. The molecule has 168 valence electrons. The molecule has 0 amide bonds. The van der Waals surface area contributed by atoms with Crippen LogP contribution in [0.2, 0.25) is 0 Å². The zero-order valence-corrected chi connectivity index (χ0v) is 22.3. The Hall–Kier alpha value is -2.66. The maximum absolute atomic E-state index is 14.8. The van der Waals surface area contributed by atoms with Gasteiger partial charge in [0.15, 0.2) is 0 Å². The van der Waals surface area contributed by atoms with Gasteiger partial charge in [-0.25, -0.2) is 0 Å². The molecule has 0 atom stereocenters. The molecule has 5 aromatic rings. The van der Waals surface area contributed by atoms with Crippen molar-refractivity contribution >= 4 is 59.7 Å². The van der Waals surface area contributed by atoms with Crippen LogP contribution in [-0.4, -0.2) is 47.9 Å². The molecule has 0 bridgehead atoms. The monoisotopic (exact) mass is 596 g/mol. The number of sulfone groups is 1. The number of para-hydroxylation sites is 2. The molecular formula is C27H20N2O2SSe2. The van der Waals surface area contributed by atoms with Crippen LogP contribution >= 0.6 is 0 Å². The van der Waals surface area contributed by atoms with Crippen molar-refractivity contribution in [1.82, 2.24) is 9.55 Å². The molecule has 2 heterocycles. The standard InChI is InChI=1S/C27H20N2O2SSe2/c30-32(31)26-28-24-17-9-10-18-25(24)29(26)19-20-11-7-8-16-23(20)27(32,33-21-12-3-1-4-13-21)34-22-14-5-2-6-15-22/h1-18H,19H2. The fraction of sp³-hybridized carbons (Fsp3) is 0.0741. The SMILES string of the molecule is O=S1(=O)c2nc3ccccc3n2Cc2ccccc2C1([Se]c1ccccc1)[Se]c1ccccc1. The Morgan fingerprint density at radius 3 is 1.94 bits per heavy atom. The zero-order chi connectivity index (χ0) is 23.2. The number of rotatable bonds is 4. The van der Waals surface area contributed by atoms with Crippen molar-refractivity contribution in [3.05, 3.63) is 120 Å². The van der Waals surface area contributed by atoms with Gasteiger partial charge in [-0.1, -0.05) is 0 Å². The van der Waals surface area contributed by atoms with Gasteiger partial charge in [-0.05, 0) is 0 Å². The Bertz CT molecular complexity index is 1560. The molecule has 4 aromatic carbocycles. The first-order valence-corrected chi connectivity index (χ1v) is 15.8. The Morgan fingerprint density at radius 2 is 1.26 bits per heavy atom. The van der Waals surface area contributed by atoms with E-state index < -0.39 is 12.4 Å². The summed E-state index contributed by atoms with van der Waals surface area (Å²) in [7, 11) is -3.85. The molecule has 0 aliphatic carbocycles. The third-order valence-corrected chi connectivity index (χ3v) is 17.2. The molecule has 0 fully saturated rings. The van der Waals surface area contributed by atoms with Gasteiger partial charge in [0.05, 0.1) is 0 Å². The molecule has 0 radical (unpaired) electrons.